The standard InChI is InChI=1S/C12H13N3O3S/c13-7-10-2-1-4-14-12(10)15-11(16)6-9-3-5-19(17,18)8-9/h1-2,4,9H,3,5-6,8H2,(H,14,15,16). The largest absolute Gasteiger partial charge is 0.310 e. The van der Waals surface area contributed by atoms with Crippen molar-refractivity contribution in [3.8, 4) is 6.07 Å². The zero-order chi connectivity index (χ0) is 13.9. The van der Waals surface area contributed by atoms with Gasteiger partial charge in [0.15, 0.2) is 9.84 Å². The Hall–Kier alpha value is -1.94. The molecule has 1 saturated heterocycles. The lowest BCUT2D eigenvalue weighted by Crippen LogP contribution is -2.18. The topological polar surface area (TPSA) is 99.9 Å². The molecule has 0 aliphatic carbocycles. The number of amides is 1. The molecule has 19 heavy (non-hydrogen) atoms. The van der Waals surface area contributed by atoms with E-state index in [1.54, 1.807) is 12.1 Å². The van der Waals surface area contributed by atoms with Crippen molar-refractivity contribution in [3.63, 3.8) is 0 Å². The summed E-state index contributed by atoms with van der Waals surface area (Å²) in [6.45, 7) is 0. The number of rotatable bonds is 3. The van der Waals surface area contributed by atoms with Gasteiger partial charge in [-0.25, -0.2) is 13.4 Å². The second-order valence-corrected chi connectivity index (χ2v) is 6.76. The molecular formula is C12H13N3O3S. The number of anilines is 1. The highest BCUT2D eigenvalue weighted by Crippen LogP contribution is 2.22. The number of carbonyl (C=O) groups is 1. The van der Waals surface area contributed by atoms with E-state index in [4.69, 9.17) is 5.26 Å². The van der Waals surface area contributed by atoms with Gasteiger partial charge in [-0.2, -0.15) is 5.26 Å². The average Bonchev–Trinajstić information content (AvgIpc) is 2.69. The third kappa shape index (κ3) is 3.51. The zero-order valence-electron chi connectivity index (χ0n) is 10.2. The van der Waals surface area contributed by atoms with Gasteiger partial charge in [0.05, 0.1) is 17.1 Å². The van der Waals surface area contributed by atoms with Gasteiger partial charge in [0.1, 0.15) is 11.9 Å². The Balaban J connectivity index is 1.97. The van der Waals surface area contributed by atoms with Crippen LogP contribution >= 0.6 is 0 Å². The van der Waals surface area contributed by atoms with Crippen LogP contribution in [0.25, 0.3) is 0 Å². The minimum atomic E-state index is -2.97. The Bertz CT molecular complexity index is 634. The van der Waals surface area contributed by atoms with E-state index in [-0.39, 0.29) is 41.1 Å². The molecule has 0 bridgehead atoms. The summed E-state index contributed by atoms with van der Waals surface area (Å²) in [5.41, 5.74) is 0.287. The van der Waals surface area contributed by atoms with Gasteiger partial charge < -0.3 is 5.32 Å². The van der Waals surface area contributed by atoms with Crippen LogP contribution in [0.2, 0.25) is 0 Å². The molecule has 0 spiro atoms. The van der Waals surface area contributed by atoms with Gasteiger partial charge >= 0.3 is 0 Å². The van der Waals surface area contributed by atoms with Crippen LogP contribution in [-0.4, -0.2) is 30.8 Å². The molecular weight excluding hydrogens is 266 g/mol. The first-order chi connectivity index (χ1) is 9.00. The highest BCUT2D eigenvalue weighted by atomic mass is 32.2. The molecule has 1 aliphatic rings. The summed E-state index contributed by atoms with van der Waals surface area (Å²) in [6, 6.07) is 5.10. The van der Waals surface area contributed by atoms with Crippen LogP contribution in [0.4, 0.5) is 5.82 Å². The minimum absolute atomic E-state index is 0.0632. The maximum Gasteiger partial charge on any atom is 0.225 e. The quantitative estimate of drug-likeness (QED) is 0.878. The van der Waals surface area contributed by atoms with Crippen molar-refractivity contribution < 1.29 is 13.2 Å². The number of nitrogens with zero attached hydrogens (tertiary/aromatic N) is 2. The van der Waals surface area contributed by atoms with Gasteiger partial charge in [-0.05, 0) is 24.5 Å². The predicted octanol–water partition coefficient (Wildman–Crippen LogP) is 0.717. The minimum Gasteiger partial charge on any atom is -0.310 e. The predicted molar refractivity (Wildman–Crippen MR) is 69.0 cm³/mol. The fourth-order valence-corrected chi connectivity index (χ4v) is 3.94. The highest BCUT2D eigenvalue weighted by molar-refractivity contribution is 7.91. The molecule has 1 N–H and O–H groups in total. The van der Waals surface area contributed by atoms with Crippen LogP contribution in [-0.2, 0) is 14.6 Å². The van der Waals surface area contributed by atoms with Crippen LogP contribution in [0.15, 0.2) is 18.3 Å². The Morgan fingerprint density at radius 2 is 2.37 bits per heavy atom. The Labute approximate surface area is 111 Å². The summed E-state index contributed by atoms with van der Waals surface area (Å²) in [4.78, 5) is 15.7. The molecule has 0 aromatic carbocycles. The van der Waals surface area contributed by atoms with Crippen LogP contribution < -0.4 is 5.32 Å². The van der Waals surface area contributed by atoms with Crippen LogP contribution in [0, 0.1) is 17.2 Å². The molecule has 100 valence electrons. The van der Waals surface area contributed by atoms with Crippen LogP contribution in [0.1, 0.15) is 18.4 Å². The number of aromatic nitrogens is 1. The van der Waals surface area contributed by atoms with E-state index in [0.29, 0.717) is 6.42 Å². The number of hydrogen-bond acceptors (Lipinski definition) is 5. The first kappa shape index (κ1) is 13.5. The van der Waals surface area contributed by atoms with E-state index >= 15 is 0 Å². The number of nitrogens with one attached hydrogen (secondary N) is 1. The number of pyridine rings is 1. The fraction of sp³-hybridized carbons (Fsp3) is 0.417. The van der Waals surface area contributed by atoms with Crippen molar-refractivity contribution in [3.05, 3.63) is 23.9 Å². The molecule has 2 heterocycles. The maximum absolute atomic E-state index is 11.8. The summed E-state index contributed by atoms with van der Waals surface area (Å²) in [5.74, 6) is -0.0152. The lowest BCUT2D eigenvalue weighted by atomic mass is 10.1. The third-order valence-corrected chi connectivity index (χ3v) is 4.82. The zero-order valence-corrected chi connectivity index (χ0v) is 11.0. The van der Waals surface area contributed by atoms with E-state index in [2.05, 4.69) is 10.3 Å². The van der Waals surface area contributed by atoms with Crippen molar-refractivity contribution in [1.29, 1.82) is 5.26 Å². The monoisotopic (exact) mass is 279 g/mol. The molecule has 6 nitrogen and oxygen atoms in total. The van der Waals surface area contributed by atoms with Gasteiger partial charge in [-0.15, -0.1) is 0 Å². The van der Waals surface area contributed by atoms with Gasteiger partial charge in [-0.3, -0.25) is 4.79 Å². The number of nitriles is 1. The van der Waals surface area contributed by atoms with Gasteiger partial charge in [0.25, 0.3) is 0 Å². The molecule has 0 saturated carbocycles. The summed E-state index contributed by atoms with van der Waals surface area (Å²) < 4.78 is 22.6. The molecule has 2 rings (SSSR count). The van der Waals surface area contributed by atoms with Crippen LogP contribution in [0.5, 0.6) is 0 Å². The van der Waals surface area contributed by atoms with Crippen LogP contribution in [0.3, 0.4) is 0 Å². The van der Waals surface area contributed by atoms with Crippen molar-refractivity contribution in [1.82, 2.24) is 4.98 Å². The summed E-state index contributed by atoms with van der Waals surface area (Å²) in [5, 5.41) is 11.4. The van der Waals surface area contributed by atoms with Gasteiger partial charge in [0, 0.05) is 12.6 Å². The SMILES string of the molecule is N#Cc1cccnc1NC(=O)CC1CCS(=O)(=O)C1. The number of hydrogen-bond donors (Lipinski definition) is 1. The fourth-order valence-electron chi connectivity index (χ4n) is 2.07. The Kier molecular flexibility index (Phi) is 3.81. The molecule has 1 fully saturated rings. The lowest BCUT2D eigenvalue weighted by Gasteiger charge is -2.08. The molecule has 1 aromatic rings. The Morgan fingerprint density at radius 3 is 3.00 bits per heavy atom. The maximum atomic E-state index is 11.8. The number of carbonyl (C=O) groups excluding carboxylic acids is 1. The molecule has 1 unspecified atom stereocenters. The van der Waals surface area contributed by atoms with Crippen molar-refractivity contribution in [2.75, 3.05) is 16.8 Å². The molecule has 1 aliphatic heterocycles. The third-order valence-electron chi connectivity index (χ3n) is 2.99. The number of sulfone groups is 1. The molecule has 1 amide bonds. The van der Waals surface area contributed by atoms with E-state index in [1.807, 2.05) is 6.07 Å². The molecule has 1 aromatic heterocycles. The normalized spacial score (nSPS) is 20.7. The molecule has 7 heteroatoms. The van der Waals surface area contributed by atoms with E-state index in [0.717, 1.165) is 0 Å². The highest BCUT2D eigenvalue weighted by Gasteiger charge is 2.29. The second-order valence-electron chi connectivity index (χ2n) is 4.53. The Morgan fingerprint density at radius 1 is 1.58 bits per heavy atom. The van der Waals surface area contributed by atoms with Crippen molar-refractivity contribution >= 4 is 21.6 Å². The summed E-state index contributed by atoms with van der Waals surface area (Å²) >= 11 is 0. The van der Waals surface area contributed by atoms with Gasteiger partial charge in [0.2, 0.25) is 5.91 Å². The molecule has 0 radical (unpaired) electrons. The lowest BCUT2D eigenvalue weighted by molar-refractivity contribution is -0.116. The second kappa shape index (κ2) is 5.36. The average molecular weight is 279 g/mol. The van der Waals surface area contributed by atoms with E-state index in [9.17, 15) is 13.2 Å². The summed E-state index contributed by atoms with van der Waals surface area (Å²) in [6.07, 6.45) is 2.14. The van der Waals surface area contributed by atoms with E-state index < -0.39 is 9.84 Å². The molecule has 1 atom stereocenters. The first-order valence-corrected chi connectivity index (χ1v) is 7.68. The van der Waals surface area contributed by atoms with Crippen molar-refractivity contribution in [2.24, 2.45) is 5.92 Å². The van der Waals surface area contributed by atoms with Crippen molar-refractivity contribution in [2.45, 2.75) is 12.8 Å². The van der Waals surface area contributed by atoms with E-state index in [1.165, 1.54) is 6.20 Å². The smallest absolute Gasteiger partial charge is 0.225 e. The van der Waals surface area contributed by atoms with Gasteiger partial charge in [-0.1, -0.05) is 0 Å². The summed E-state index contributed by atoms with van der Waals surface area (Å²) in [7, 11) is -2.97. The first-order valence-electron chi connectivity index (χ1n) is 5.85.